The average Bonchev–Trinajstić information content (AvgIpc) is 2.25. The van der Waals surface area contributed by atoms with Crippen molar-refractivity contribution >= 4 is 12.0 Å². The van der Waals surface area contributed by atoms with Gasteiger partial charge in [0.05, 0.1) is 0 Å². The second kappa shape index (κ2) is 5.55. The molecule has 2 amide bonds. The van der Waals surface area contributed by atoms with Crippen LogP contribution in [0.25, 0.3) is 0 Å². The third-order valence-corrected chi connectivity index (χ3v) is 2.47. The van der Waals surface area contributed by atoms with E-state index in [1.165, 1.54) is 4.90 Å². The van der Waals surface area contributed by atoms with E-state index in [1.54, 1.807) is 0 Å². The van der Waals surface area contributed by atoms with Crippen LogP contribution in [0.15, 0.2) is 0 Å². The molecule has 1 aliphatic heterocycles. The zero-order valence-corrected chi connectivity index (χ0v) is 8.61. The number of likely N-dealkylation sites (tertiary alicyclic amines) is 1. The van der Waals surface area contributed by atoms with Gasteiger partial charge in [-0.1, -0.05) is 0 Å². The van der Waals surface area contributed by atoms with E-state index in [4.69, 9.17) is 10.8 Å². The molecule has 6 nitrogen and oxygen atoms in total. The van der Waals surface area contributed by atoms with Crippen molar-refractivity contribution in [3.8, 4) is 0 Å². The number of hydrogen-bond acceptors (Lipinski definition) is 3. The molecule has 0 saturated carbocycles. The normalized spacial score (nSPS) is 21.1. The van der Waals surface area contributed by atoms with Crippen LogP contribution in [-0.4, -0.2) is 47.7 Å². The first-order chi connectivity index (χ1) is 7.16. The smallest absolute Gasteiger partial charge is 0.326 e. The van der Waals surface area contributed by atoms with Crippen LogP contribution in [0.1, 0.15) is 19.3 Å². The maximum Gasteiger partial charge on any atom is 0.326 e. The van der Waals surface area contributed by atoms with E-state index in [0.29, 0.717) is 26.1 Å². The lowest BCUT2D eigenvalue weighted by Gasteiger charge is -2.32. The molecule has 0 aromatic carbocycles. The highest BCUT2D eigenvalue weighted by atomic mass is 16.4. The van der Waals surface area contributed by atoms with Crippen LogP contribution in [0.2, 0.25) is 0 Å². The summed E-state index contributed by atoms with van der Waals surface area (Å²) in [6.07, 6.45) is 2.25. The van der Waals surface area contributed by atoms with Crippen LogP contribution < -0.4 is 11.1 Å². The SMILES string of the molecule is NCCNC(=O)N1CCCCC1C(=O)O. The van der Waals surface area contributed by atoms with Crippen molar-refractivity contribution < 1.29 is 14.7 Å². The first kappa shape index (κ1) is 11.8. The van der Waals surface area contributed by atoms with Crippen molar-refractivity contribution in [2.24, 2.45) is 5.73 Å². The number of urea groups is 1. The fourth-order valence-corrected chi connectivity index (χ4v) is 1.71. The molecule has 0 aromatic rings. The average molecular weight is 215 g/mol. The molecule has 1 aliphatic rings. The number of rotatable bonds is 3. The summed E-state index contributed by atoms with van der Waals surface area (Å²) in [6.45, 7) is 1.24. The van der Waals surface area contributed by atoms with Gasteiger partial charge < -0.3 is 21.1 Å². The van der Waals surface area contributed by atoms with Crippen LogP contribution in [0, 0.1) is 0 Å². The van der Waals surface area contributed by atoms with E-state index >= 15 is 0 Å². The number of carboxylic acid groups (broad SMARTS) is 1. The summed E-state index contributed by atoms with van der Waals surface area (Å²) < 4.78 is 0. The number of nitrogens with two attached hydrogens (primary N) is 1. The van der Waals surface area contributed by atoms with Gasteiger partial charge in [-0.15, -0.1) is 0 Å². The summed E-state index contributed by atoms with van der Waals surface area (Å²) in [4.78, 5) is 23.8. The predicted molar refractivity (Wildman–Crippen MR) is 54.4 cm³/mol. The summed E-state index contributed by atoms with van der Waals surface area (Å²) in [6, 6.07) is -1.01. The van der Waals surface area contributed by atoms with Gasteiger partial charge >= 0.3 is 12.0 Å². The van der Waals surface area contributed by atoms with Crippen molar-refractivity contribution in [1.82, 2.24) is 10.2 Å². The molecular weight excluding hydrogens is 198 g/mol. The molecule has 86 valence electrons. The number of amides is 2. The van der Waals surface area contributed by atoms with Crippen LogP contribution in [0.5, 0.6) is 0 Å². The topological polar surface area (TPSA) is 95.7 Å². The molecule has 1 atom stereocenters. The van der Waals surface area contributed by atoms with Gasteiger partial charge in [-0.2, -0.15) is 0 Å². The lowest BCUT2D eigenvalue weighted by atomic mass is 10.0. The third-order valence-electron chi connectivity index (χ3n) is 2.47. The van der Waals surface area contributed by atoms with Gasteiger partial charge in [-0.25, -0.2) is 9.59 Å². The minimum absolute atomic E-state index is 0.326. The van der Waals surface area contributed by atoms with E-state index in [2.05, 4.69) is 5.32 Å². The number of carbonyl (C=O) groups is 2. The quantitative estimate of drug-likeness (QED) is 0.596. The summed E-state index contributed by atoms with van der Waals surface area (Å²) in [5.41, 5.74) is 5.25. The molecular formula is C9H17N3O3. The standard InChI is InChI=1S/C9H17N3O3/c10-4-5-11-9(15)12-6-2-1-3-7(12)8(13)14/h7H,1-6,10H2,(H,11,15)(H,13,14). The minimum Gasteiger partial charge on any atom is -0.480 e. The Kier molecular flexibility index (Phi) is 4.36. The summed E-state index contributed by atoms with van der Waals surface area (Å²) in [5, 5.41) is 11.5. The predicted octanol–water partition coefficient (Wildman–Crippen LogP) is -0.406. The fourth-order valence-electron chi connectivity index (χ4n) is 1.71. The molecule has 6 heteroatoms. The second-order valence-corrected chi connectivity index (χ2v) is 3.56. The lowest BCUT2D eigenvalue weighted by molar-refractivity contribution is -0.143. The summed E-state index contributed by atoms with van der Waals surface area (Å²) >= 11 is 0. The second-order valence-electron chi connectivity index (χ2n) is 3.56. The van der Waals surface area contributed by atoms with Gasteiger partial charge in [0.2, 0.25) is 0 Å². The molecule has 0 spiro atoms. The molecule has 0 aliphatic carbocycles. The first-order valence-corrected chi connectivity index (χ1v) is 5.14. The van der Waals surface area contributed by atoms with Gasteiger partial charge in [-0.05, 0) is 19.3 Å². The molecule has 0 radical (unpaired) electrons. The molecule has 1 unspecified atom stereocenters. The molecule has 1 heterocycles. The Hall–Kier alpha value is -1.30. The Morgan fingerprint density at radius 2 is 2.20 bits per heavy atom. The molecule has 1 fully saturated rings. The third kappa shape index (κ3) is 3.09. The zero-order chi connectivity index (χ0) is 11.3. The van der Waals surface area contributed by atoms with Crippen molar-refractivity contribution in [3.63, 3.8) is 0 Å². The van der Waals surface area contributed by atoms with Crippen molar-refractivity contribution in [2.45, 2.75) is 25.3 Å². The molecule has 1 rings (SSSR count). The number of carbonyl (C=O) groups excluding carboxylic acids is 1. The highest BCUT2D eigenvalue weighted by molar-refractivity contribution is 5.82. The van der Waals surface area contributed by atoms with Crippen molar-refractivity contribution in [3.05, 3.63) is 0 Å². The van der Waals surface area contributed by atoms with Crippen LogP contribution in [-0.2, 0) is 4.79 Å². The molecule has 0 aromatic heterocycles. The Labute approximate surface area is 88.4 Å². The van der Waals surface area contributed by atoms with Crippen molar-refractivity contribution in [1.29, 1.82) is 0 Å². The van der Waals surface area contributed by atoms with Gasteiger partial charge in [0.15, 0.2) is 0 Å². The van der Waals surface area contributed by atoms with Crippen molar-refractivity contribution in [2.75, 3.05) is 19.6 Å². The van der Waals surface area contributed by atoms with E-state index in [-0.39, 0.29) is 6.03 Å². The fraction of sp³-hybridized carbons (Fsp3) is 0.778. The molecule has 0 bridgehead atoms. The van der Waals surface area contributed by atoms with E-state index in [1.807, 2.05) is 0 Å². The monoisotopic (exact) mass is 215 g/mol. The number of carboxylic acids is 1. The maximum atomic E-state index is 11.6. The Morgan fingerprint density at radius 3 is 2.80 bits per heavy atom. The molecule has 15 heavy (non-hydrogen) atoms. The van der Waals surface area contributed by atoms with Gasteiger partial charge in [-0.3, -0.25) is 0 Å². The Bertz CT molecular complexity index is 245. The highest BCUT2D eigenvalue weighted by Gasteiger charge is 2.31. The number of nitrogens with zero attached hydrogens (tertiary/aromatic N) is 1. The number of hydrogen-bond donors (Lipinski definition) is 3. The van der Waals surface area contributed by atoms with E-state index < -0.39 is 12.0 Å². The van der Waals surface area contributed by atoms with Gasteiger partial charge in [0.1, 0.15) is 6.04 Å². The minimum atomic E-state index is -0.933. The number of piperidine rings is 1. The first-order valence-electron chi connectivity index (χ1n) is 5.14. The Balaban J connectivity index is 2.55. The van der Waals surface area contributed by atoms with Crippen LogP contribution >= 0.6 is 0 Å². The Morgan fingerprint density at radius 1 is 1.47 bits per heavy atom. The number of aliphatic carboxylic acids is 1. The van der Waals surface area contributed by atoms with Gasteiger partial charge in [0.25, 0.3) is 0 Å². The lowest BCUT2D eigenvalue weighted by Crippen LogP contribution is -2.52. The van der Waals surface area contributed by atoms with Crippen LogP contribution in [0.4, 0.5) is 4.79 Å². The number of nitrogens with one attached hydrogen (secondary N) is 1. The summed E-state index contributed by atoms with van der Waals surface area (Å²) in [5.74, 6) is -0.933. The van der Waals surface area contributed by atoms with E-state index in [9.17, 15) is 9.59 Å². The highest BCUT2D eigenvalue weighted by Crippen LogP contribution is 2.16. The summed E-state index contributed by atoms with van der Waals surface area (Å²) in [7, 11) is 0. The van der Waals surface area contributed by atoms with E-state index in [0.717, 1.165) is 12.8 Å². The molecule has 4 N–H and O–H groups in total. The molecule has 1 saturated heterocycles. The zero-order valence-electron chi connectivity index (χ0n) is 8.61. The van der Waals surface area contributed by atoms with Crippen LogP contribution in [0.3, 0.4) is 0 Å². The largest absolute Gasteiger partial charge is 0.480 e. The maximum absolute atomic E-state index is 11.6. The van der Waals surface area contributed by atoms with Gasteiger partial charge in [0, 0.05) is 19.6 Å².